The minimum absolute atomic E-state index is 0.372. The smallest absolute Gasteiger partial charge is 0.107 e. The van der Waals surface area contributed by atoms with Crippen molar-refractivity contribution in [2.45, 2.75) is 32.7 Å². The van der Waals surface area contributed by atoms with Gasteiger partial charge in [-0.1, -0.05) is 29.9 Å². The van der Waals surface area contributed by atoms with Crippen molar-refractivity contribution in [3.63, 3.8) is 0 Å². The van der Waals surface area contributed by atoms with Crippen molar-refractivity contribution in [1.82, 2.24) is 0 Å². The van der Waals surface area contributed by atoms with E-state index in [2.05, 4.69) is 24.8 Å². The molecule has 1 aliphatic carbocycles. The van der Waals surface area contributed by atoms with Gasteiger partial charge in [0.1, 0.15) is 4.99 Å². The predicted octanol–water partition coefficient (Wildman–Crippen LogP) is 3.60. The summed E-state index contributed by atoms with van der Waals surface area (Å²) in [6, 6.07) is 6.27. The molecule has 18 heavy (non-hydrogen) atoms. The van der Waals surface area contributed by atoms with Gasteiger partial charge in [0.25, 0.3) is 0 Å². The summed E-state index contributed by atoms with van der Waals surface area (Å²) in [6.45, 7) is 5.44. The maximum atomic E-state index is 6.23. The zero-order valence-electron chi connectivity index (χ0n) is 10.8. The molecular formula is C14H19ClN2S. The Labute approximate surface area is 119 Å². The molecule has 2 nitrogen and oxygen atoms in total. The third-order valence-electron chi connectivity index (χ3n) is 3.32. The second kappa shape index (κ2) is 5.45. The summed E-state index contributed by atoms with van der Waals surface area (Å²) in [4.78, 5) is 2.73. The van der Waals surface area contributed by atoms with Crippen LogP contribution in [-0.4, -0.2) is 17.6 Å². The second-order valence-electron chi connectivity index (χ2n) is 5.19. The molecule has 0 amide bonds. The quantitative estimate of drug-likeness (QED) is 0.837. The topological polar surface area (TPSA) is 29.3 Å². The zero-order valence-corrected chi connectivity index (χ0v) is 12.4. The van der Waals surface area contributed by atoms with Crippen LogP contribution >= 0.6 is 23.8 Å². The number of anilines is 1. The van der Waals surface area contributed by atoms with Crippen molar-refractivity contribution in [3.8, 4) is 0 Å². The highest BCUT2D eigenvalue weighted by atomic mass is 35.5. The molecule has 0 unspecified atom stereocenters. The number of benzene rings is 1. The summed E-state index contributed by atoms with van der Waals surface area (Å²) in [5.41, 5.74) is 7.70. The number of thiocarbonyl (C=S) groups is 1. The van der Waals surface area contributed by atoms with Crippen LogP contribution in [0.3, 0.4) is 0 Å². The lowest BCUT2D eigenvalue weighted by atomic mass is 10.1. The van der Waals surface area contributed by atoms with Crippen molar-refractivity contribution >= 4 is 34.5 Å². The molecule has 0 aliphatic heterocycles. The van der Waals surface area contributed by atoms with Gasteiger partial charge in [-0.25, -0.2) is 0 Å². The Kier molecular flexibility index (Phi) is 4.13. The minimum Gasteiger partial charge on any atom is -0.389 e. The summed E-state index contributed by atoms with van der Waals surface area (Å²) in [6.07, 6.45) is 2.65. The fourth-order valence-electron chi connectivity index (χ4n) is 2.16. The van der Waals surface area contributed by atoms with Crippen LogP contribution in [0.15, 0.2) is 18.2 Å². The van der Waals surface area contributed by atoms with Gasteiger partial charge in [-0.3, -0.25) is 0 Å². The molecule has 0 atom stereocenters. The normalized spacial score (nSPS) is 14.9. The summed E-state index contributed by atoms with van der Waals surface area (Å²) in [5.74, 6) is 0.811. The third-order valence-corrected chi connectivity index (χ3v) is 3.84. The van der Waals surface area contributed by atoms with Crippen LogP contribution < -0.4 is 10.6 Å². The summed E-state index contributed by atoms with van der Waals surface area (Å²) in [7, 11) is 0. The van der Waals surface area contributed by atoms with Gasteiger partial charge in [-0.15, -0.1) is 0 Å². The largest absolute Gasteiger partial charge is 0.389 e. The first-order valence-corrected chi connectivity index (χ1v) is 7.14. The van der Waals surface area contributed by atoms with E-state index in [1.807, 2.05) is 12.1 Å². The first-order valence-electron chi connectivity index (χ1n) is 6.35. The Morgan fingerprint density at radius 2 is 2.17 bits per heavy atom. The molecule has 2 N–H and O–H groups in total. The SMILES string of the molecule is CC(C)N(CC1CC1)c1cccc(Cl)c1C(N)=S. The maximum Gasteiger partial charge on any atom is 0.107 e. The van der Waals surface area contributed by atoms with E-state index in [1.165, 1.54) is 12.8 Å². The molecule has 1 aliphatic rings. The van der Waals surface area contributed by atoms with E-state index in [0.717, 1.165) is 23.7 Å². The van der Waals surface area contributed by atoms with E-state index >= 15 is 0 Å². The molecule has 0 spiro atoms. The highest BCUT2D eigenvalue weighted by Crippen LogP contribution is 2.35. The van der Waals surface area contributed by atoms with Gasteiger partial charge < -0.3 is 10.6 Å². The third kappa shape index (κ3) is 2.96. The Balaban J connectivity index is 2.39. The Hall–Kier alpha value is -0.800. The van der Waals surface area contributed by atoms with Crippen molar-refractivity contribution in [1.29, 1.82) is 0 Å². The van der Waals surface area contributed by atoms with Crippen LogP contribution in [0, 0.1) is 5.92 Å². The molecule has 0 aromatic heterocycles. The molecule has 0 saturated heterocycles. The zero-order chi connectivity index (χ0) is 13.3. The minimum atomic E-state index is 0.372. The van der Waals surface area contributed by atoms with E-state index in [-0.39, 0.29) is 0 Å². The van der Waals surface area contributed by atoms with Crippen LogP contribution in [0.1, 0.15) is 32.3 Å². The second-order valence-corrected chi connectivity index (χ2v) is 6.03. The highest BCUT2D eigenvalue weighted by molar-refractivity contribution is 7.80. The van der Waals surface area contributed by atoms with E-state index in [0.29, 0.717) is 16.1 Å². The molecule has 98 valence electrons. The molecule has 4 heteroatoms. The number of nitrogens with zero attached hydrogens (tertiary/aromatic N) is 1. The lowest BCUT2D eigenvalue weighted by Crippen LogP contribution is -2.34. The molecule has 0 heterocycles. The molecule has 1 saturated carbocycles. The van der Waals surface area contributed by atoms with Crippen molar-refractivity contribution in [2.24, 2.45) is 11.7 Å². The van der Waals surface area contributed by atoms with Gasteiger partial charge in [0.15, 0.2) is 0 Å². The van der Waals surface area contributed by atoms with Crippen molar-refractivity contribution < 1.29 is 0 Å². The number of rotatable bonds is 5. The molecule has 0 bridgehead atoms. The van der Waals surface area contributed by atoms with Gasteiger partial charge >= 0.3 is 0 Å². The van der Waals surface area contributed by atoms with Gasteiger partial charge in [-0.05, 0) is 44.7 Å². The highest BCUT2D eigenvalue weighted by Gasteiger charge is 2.27. The first kappa shape index (κ1) is 13.6. The van der Waals surface area contributed by atoms with Crippen LogP contribution in [0.25, 0.3) is 0 Å². The van der Waals surface area contributed by atoms with Gasteiger partial charge in [0.2, 0.25) is 0 Å². The average Bonchev–Trinajstić information content (AvgIpc) is 3.08. The lowest BCUT2D eigenvalue weighted by molar-refractivity contribution is 0.644. The van der Waals surface area contributed by atoms with Gasteiger partial charge in [0.05, 0.1) is 10.6 Å². The molecule has 1 fully saturated rings. The predicted molar refractivity (Wildman–Crippen MR) is 82.5 cm³/mol. The van der Waals surface area contributed by atoms with Gasteiger partial charge in [0, 0.05) is 18.3 Å². The van der Waals surface area contributed by atoms with Crippen LogP contribution in [0.4, 0.5) is 5.69 Å². The average molecular weight is 283 g/mol. The standard InChI is InChI=1S/C14H19ClN2S/c1-9(2)17(8-10-6-7-10)12-5-3-4-11(15)13(12)14(16)18/h3-5,9-10H,6-8H2,1-2H3,(H2,16,18). The lowest BCUT2D eigenvalue weighted by Gasteiger charge is -2.31. The number of hydrogen-bond donors (Lipinski definition) is 1. The Bertz CT molecular complexity index is 455. The number of nitrogens with two attached hydrogens (primary N) is 1. The maximum absolute atomic E-state index is 6.23. The van der Waals surface area contributed by atoms with Crippen LogP contribution in [-0.2, 0) is 0 Å². The molecule has 2 rings (SSSR count). The number of halogens is 1. The fraction of sp³-hybridized carbons (Fsp3) is 0.500. The summed E-state index contributed by atoms with van der Waals surface area (Å²) < 4.78 is 0. The van der Waals surface area contributed by atoms with Crippen molar-refractivity contribution in [2.75, 3.05) is 11.4 Å². The summed E-state index contributed by atoms with van der Waals surface area (Å²) in [5, 5.41) is 0.640. The molecule has 1 aromatic rings. The van der Waals surface area contributed by atoms with Crippen molar-refractivity contribution in [3.05, 3.63) is 28.8 Å². The van der Waals surface area contributed by atoms with Crippen LogP contribution in [0.2, 0.25) is 5.02 Å². The van der Waals surface area contributed by atoms with E-state index in [4.69, 9.17) is 29.6 Å². The Morgan fingerprint density at radius 3 is 2.67 bits per heavy atom. The van der Waals surface area contributed by atoms with Crippen LogP contribution in [0.5, 0.6) is 0 Å². The molecule has 0 radical (unpaired) electrons. The number of hydrogen-bond acceptors (Lipinski definition) is 2. The Morgan fingerprint density at radius 1 is 1.50 bits per heavy atom. The monoisotopic (exact) mass is 282 g/mol. The first-order chi connectivity index (χ1) is 8.50. The molecule has 1 aromatic carbocycles. The fourth-order valence-corrected chi connectivity index (χ4v) is 2.70. The van der Waals surface area contributed by atoms with E-state index < -0.39 is 0 Å². The van der Waals surface area contributed by atoms with E-state index in [1.54, 1.807) is 0 Å². The van der Waals surface area contributed by atoms with Gasteiger partial charge in [-0.2, -0.15) is 0 Å². The summed E-state index contributed by atoms with van der Waals surface area (Å²) >= 11 is 11.4. The van der Waals surface area contributed by atoms with E-state index in [9.17, 15) is 0 Å². The molecular weight excluding hydrogens is 264 g/mol.